The Kier molecular flexibility index (Phi) is 8.04. The SMILES string of the molecule is COc1ccc2cc1N(C(=O)OC(C)(C)C)c1cc(ccc1OC)N(c1ccccc1)c1cccc(c1Cl)N2c1ccccc1. The Bertz CT molecular complexity index is 1720. The van der Waals surface area contributed by atoms with Gasteiger partial charge in [-0.2, -0.15) is 0 Å². The molecule has 0 radical (unpaired) electrons. The zero-order valence-corrected chi connectivity index (χ0v) is 26.6. The summed E-state index contributed by atoms with van der Waals surface area (Å²) in [5.41, 5.74) is 4.98. The van der Waals surface area contributed by atoms with E-state index in [4.69, 9.17) is 25.8 Å². The lowest BCUT2D eigenvalue weighted by molar-refractivity contribution is 0.0597. The van der Waals surface area contributed by atoms with Crippen molar-refractivity contribution in [1.82, 2.24) is 0 Å². The minimum absolute atomic E-state index is 0.472. The lowest BCUT2D eigenvalue weighted by atomic mass is 10.1. The lowest BCUT2D eigenvalue weighted by Crippen LogP contribution is -2.34. The molecule has 0 unspecified atom stereocenters. The highest BCUT2D eigenvalue weighted by molar-refractivity contribution is 6.36. The van der Waals surface area contributed by atoms with Crippen molar-refractivity contribution in [3.05, 3.63) is 120 Å². The van der Waals surface area contributed by atoms with Gasteiger partial charge in [0.05, 0.1) is 42.0 Å². The Labute approximate surface area is 268 Å². The molecule has 1 aliphatic heterocycles. The first-order valence-electron chi connectivity index (χ1n) is 14.6. The molecule has 0 saturated heterocycles. The fourth-order valence-electron chi connectivity index (χ4n) is 5.48. The number of fused-ring (bicyclic) bond motifs is 6. The second-order valence-electron chi connectivity index (χ2n) is 11.5. The molecule has 6 rings (SSSR count). The Balaban J connectivity index is 1.75. The first-order valence-corrected chi connectivity index (χ1v) is 15.0. The topological polar surface area (TPSA) is 54.5 Å². The van der Waals surface area contributed by atoms with Crippen LogP contribution in [0.4, 0.5) is 50.3 Å². The number of halogens is 1. The van der Waals surface area contributed by atoms with Crippen molar-refractivity contribution in [3.8, 4) is 11.5 Å². The third kappa shape index (κ3) is 5.75. The van der Waals surface area contributed by atoms with E-state index in [9.17, 15) is 4.79 Å². The molecular formula is C37H34ClN3O4. The fourth-order valence-corrected chi connectivity index (χ4v) is 5.78. The maximum atomic E-state index is 14.2. The zero-order valence-electron chi connectivity index (χ0n) is 25.8. The molecule has 0 N–H and O–H groups in total. The molecule has 6 bridgehead atoms. The number of benzene rings is 5. The summed E-state index contributed by atoms with van der Waals surface area (Å²) in [6.45, 7) is 5.52. The van der Waals surface area contributed by atoms with Gasteiger partial charge in [0.25, 0.3) is 0 Å². The molecule has 0 spiro atoms. The monoisotopic (exact) mass is 619 g/mol. The van der Waals surface area contributed by atoms with Gasteiger partial charge in [0.2, 0.25) is 0 Å². The lowest BCUT2D eigenvalue weighted by Gasteiger charge is -2.34. The molecule has 1 amide bonds. The summed E-state index contributed by atoms with van der Waals surface area (Å²) in [5.74, 6) is 0.948. The van der Waals surface area contributed by atoms with E-state index < -0.39 is 11.7 Å². The van der Waals surface area contributed by atoms with Crippen molar-refractivity contribution in [2.24, 2.45) is 0 Å². The minimum atomic E-state index is -0.770. The molecule has 0 saturated carbocycles. The molecule has 5 aromatic rings. The Morgan fingerprint density at radius 1 is 0.578 bits per heavy atom. The van der Waals surface area contributed by atoms with E-state index in [2.05, 4.69) is 9.80 Å². The molecular weight excluding hydrogens is 586 g/mol. The largest absolute Gasteiger partial charge is 0.495 e. The van der Waals surface area contributed by atoms with Crippen molar-refractivity contribution < 1.29 is 19.0 Å². The number of hydrogen-bond acceptors (Lipinski definition) is 6. The molecule has 0 fully saturated rings. The predicted octanol–water partition coefficient (Wildman–Crippen LogP) is 10.7. The van der Waals surface area contributed by atoms with Gasteiger partial charge in [-0.3, -0.25) is 0 Å². The smallest absolute Gasteiger partial charge is 0.419 e. The van der Waals surface area contributed by atoms with Crippen LogP contribution < -0.4 is 24.2 Å². The summed E-state index contributed by atoms with van der Waals surface area (Å²) in [4.78, 5) is 19.9. The predicted molar refractivity (Wildman–Crippen MR) is 182 cm³/mol. The number of methoxy groups -OCH3 is 2. The van der Waals surface area contributed by atoms with Gasteiger partial charge < -0.3 is 24.0 Å². The molecule has 8 heteroatoms. The van der Waals surface area contributed by atoms with Crippen LogP contribution in [0.1, 0.15) is 20.8 Å². The third-order valence-corrected chi connectivity index (χ3v) is 7.75. The van der Waals surface area contributed by atoms with Crippen LogP contribution in [-0.2, 0) is 4.74 Å². The van der Waals surface area contributed by atoms with E-state index in [1.54, 1.807) is 14.2 Å². The maximum absolute atomic E-state index is 14.2. The summed E-state index contributed by atoms with van der Waals surface area (Å²) in [6.07, 6.45) is -0.584. The molecule has 7 nitrogen and oxygen atoms in total. The van der Waals surface area contributed by atoms with E-state index in [0.29, 0.717) is 27.9 Å². The minimum Gasteiger partial charge on any atom is -0.495 e. The van der Waals surface area contributed by atoms with Gasteiger partial charge in [-0.05, 0) is 93.6 Å². The van der Waals surface area contributed by atoms with E-state index in [1.165, 1.54) is 4.90 Å². The van der Waals surface area contributed by atoms with E-state index in [1.807, 2.05) is 136 Å². The summed E-state index contributed by atoms with van der Waals surface area (Å²) < 4.78 is 17.7. The highest BCUT2D eigenvalue weighted by Crippen LogP contribution is 2.51. The average molecular weight is 620 g/mol. The van der Waals surface area contributed by atoms with Crippen LogP contribution in [0.25, 0.3) is 0 Å². The standard InChI is InChI=1S/C37H34ClN3O4/c1-37(2,3)45-36(42)41-31-23-27(19-21-33(31)43-4)39(25-13-8-6-9-14-25)29-17-12-18-30(35(29)38)40(26-15-10-7-11-16-26)28-20-22-34(44-5)32(41)24-28/h6-24H,1-5H3. The second kappa shape index (κ2) is 12.1. The van der Waals surface area contributed by atoms with Crippen LogP contribution in [0.3, 0.4) is 0 Å². The summed E-state index contributed by atoms with van der Waals surface area (Å²) in [6, 6.07) is 37.3. The van der Waals surface area contributed by atoms with Gasteiger partial charge in [0.15, 0.2) is 0 Å². The summed E-state index contributed by atoms with van der Waals surface area (Å²) >= 11 is 7.40. The highest BCUT2D eigenvalue weighted by Gasteiger charge is 2.32. The number of amides is 1. The van der Waals surface area contributed by atoms with E-state index in [0.717, 1.165) is 34.1 Å². The van der Waals surface area contributed by atoms with Gasteiger partial charge in [0.1, 0.15) is 17.1 Å². The first kappa shape index (κ1) is 29.9. The molecule has 1 aliphatic rings. The molecule has 0 aliphatic carbocycles. The van der Waals surface area contributed by atoms with Crippen LogP contribution >= 0.6 is 11.6 Å². The molecule has 0 aromatic heterocycles. The highest BCUT2D eigenvalue weighted by atomic mass is 35.5. The average Bonchev–Trinajstić information content (AvgIpc) is 3.03. The van der Waals surface area contributed by atoms with Gasteiger partial charge in [-0.15, -0.1) is 0 Å². The summed E-state index contributed by atoms with van der Waals surface area (Å²) in [7, 11) is 3.16. The van der Waals surface area contributed by atoms with Crippen LogP contribution in [-0.4, -0.2) is 25.9 Å². The number of ether oxygens (including phenoxy) is 3. The van der Waals surface area contributed by atoms with Crippen molar-refractivity contribution in [3.63, 3.8) is 0 Å². The molecule has 45 heavy (non-hydrogen) atoms. The van der Waals surface area contributed by atoms with Crippen molar-refractivity contribution in [2.75, 3.05) is 28.9 Å². The summed E-state index contributed by atoms with van der Waals surface area (Å²) in [5, 5.41) is 0.546. The second-order valence-corrected chi connectivity index (χ2v) is 11.9. The Morgan fingerprint density at radius 3 is 1.42 bits per heavy atom. The number of carbonyl (C=O) groups excluding carboxylic acids is 1. The van der Waals surface area contributed by atoms with Crippen molar-refractivity contribution >= 4 is 63.2 Å². The van der Waals surface area contributed by atoms with Crippen LogP contribution in [0.15, 0.2) is 115 Å². The van der Waals surface area contributed by atoms with Crippen LogP contribution in [0.2, 0.25) is 5.02 Å². The number of para-hydroxylation sites is 2. The quantitative estimate of drug-likeness (QED) is 0.199. The molecule has 1 heterocycles. The first-order chi connectivity index (χ1) is 21.7. The van der Waals surface area contributed by atoms with Crippen molar-refractivity contribution in [1.29, 1.82) is 0 Å². The van der Waals surface area contributed by atoms with Crippen LogP contribution in [0.5, 0.6) is 11.5 Å². The van der Waals surface area contributed by atoms with Gasteiger partial charge in [0, 0.05) is 22.7 Å². The Morgan fingerprint density at radius 2 is 1.02 bits per heavy atom. The van der Waals surface area contributed by atoms with E-state index in [-0.39, 0.29) is 0 Å². The Hall–Kier alpha value is -5.14. The van der Waals surface area contributed by atoms with Gasteiger partial charge in [-0.1, -0.05) is 54.1 Å². The number of rotatable bonds is 4. The van der Waals surface area contributed by atoms with Gasteiger partial charge >= 0.3 is 6.09 Å². The molecule has 5 aromatic carbocycles. The van der Waals surface area contributed by atoms with Gasteiger partial charge in [-0.25, -0.2) is 9.69 Å². The van der Waals surface area contributed by atoms with Crippen LogP contribution in [0, 0.1) is 0 Å². The van der Waals surface area contributed by atoms with E-state index >= 15 is 0 Å². The zero-order chi connectivity index (χ0) is 31.7. The molecule has 0 atom stereocenters. The fraction of sp³-hybridized carbons (Fsp3) is 0.162. The third-order valence-electron chi connectivity index (χ3n) is 7.37. The molecule has 228 valence electrons. The number of anilines is 8. The number of carbonyl (C=O) groups is 1. The number of hydrogen-bond donors (Lipinski definition) is 0. The maximum Gasteiger partial charge on any atom is 0.419 e. The number of nitrogens with zero attached hydrogens (tertiary/aromatic N) is 3. The van der Waals surface area contributed by atoms with Crippen molar-refractivity contribution in [2.45, 2.75) is 26.4 Å². The normalized spacial score (nSPS) is 12.6.